The molecule has 342 valence electrons. The van der Waals surface area contributed by atoms with Crippen molar-refractivity contribution in [1.29, 1.82) is 0 Å². The maximum Gasteiger partial charge on any atom is 0.312 e. The third-order valence-electron chi connectivity index (χ3n) is 14.9. The number of ether oxygens (including phenoxy) is 2. The molecule has 3 aliphatic carbocycles. The van der Waals surface area contributed by atoms with Gasteiger partial charge >= 0.3 is 5.69 Å². The molecule has 16 heteroatoms. The Labute approximate surface area is 379 Å². The van der Waals surface area contributed by atoms with Crippen LogP contribution in [0.1, 0.15) is 112 Å². The topological polar surface area (TPSA) is 185 Å². The number of benzene rings is 2. The minimum atomic E-state index is -4.60. The van der Waals surface area contributed by atoms with E-state index >= 15 is 0 Å². The van der Waals surface area contributed by atoms with Gasteiger partial charge in [-0.1, -0.05) is 44.0 Å². The summed E-state index contributed by atoms with van der Waals surface area (Å²) in [5.74, 6) is 1.24. The Kier molecular flexibility index (Phi) is 11.8. The van der Waals surface area contributed by atoms with Gasteiger partial charge in [0.15, 0.2) is 0 Å². The van der Waals surface area contributed by atoms with E-state index in [1.807, 2.05) is 12.1 Å². The number of anilines is 2. The van der Waals surface area contributed by atoms with Crippen molar-refractivity contribution in [1.82, 2.24) is 24.6 Å². The van der Waals surface area contributed by atoms with Crippen LogP contribution in [-0.4, -0.2) is 84.0 Å². The Hall–Kier alpha value is -5.58. The number of nitrogens with one attached hydrogen (secondary N) is 3. The van der Waals surface area contributed by atoms with E-state index in [1.165, 1.54) is 24.0 Å². The van der Waals surface area contributed by atoms with E-state index in [1.54, 1.807) is 30.6 Å². The summed E-state index contributed by atoms with van der Waals surface area (Å²) in [6, 6.07) is 19.5. The van der Waals surface area contributed by atoms with E-state index in [2.05, 4.69) is 72.9 Å². The minimum absolute atomic E-state index is 0.00962. The van der Waals surface area contributed by atoms with Gasteiger partial charge in [0.2, 0.25) is 5.82 Å². The number of aromatic amines is 1. The van der Waals surface area contributed by atoms with Crippen LogP contribution in [0.4, 0.5) is 17.2 Å². The summed E-state index contributed by atoms with van der Waals surface area (Å²) in [5.41, 5.74) is 4.22. The number of hydrogen-bond donors (Lipinski definition) is 3. The third kappa shape index (κ3) is 9.17. The first-order valence-electron chi connectivity index (χ1n) is 23.3. The van der Waals surface area contributed by atoms with Gasteiger partial charge in [-0.3, -0.25) is 19.8 Å². The monoisotopic (exact) mass is 902 g/mol. The van der Waals surface area contributed by atoms with Gasteiger partial charge in [0, 0.05) is 61.6 Å². The lowest BCUT2D eigenvalue weighted by Crippen LogP contribution is -2.59. The summed E-state index contributed by atoms with van der Waals surface area (Å²) < 4.78 is 42.2. The van der Waals surface area contributed by atoms with Gasteiger partial charge in [-0.15, -0.1) is 0 Å². The van der Waals surface area contributed by atoms with E-state index in [0.717, 1.165) is 101 Å². The summed E-state index contributed by atoms with van der Waals surface area (Å²) in [6.07, 6.45) is 15.7. The number of H-pyrrole nitrogens is 1. The van der Waals surface area contributed by atoms with E-state index in [4.69, 9.17) is 9.47 Å². The van der Waals surface area contributed by atoms with Gasteiger partial charge in [0.05, 0.1) is 41.6 Å². The number of rotatable bonds is 13. The molecule has 3 aromatic heterocycles. The SMILES string of the molecule is CC1CCC(CNc2ncc(S(=O)(=O)NC(=O)c3ccc(N4CCC5(CC4)CC(N4CC(C)OC[C@H]4c4ccccc4C4CC4)C5)cc3Oc3cnc4[nH]ccc4c3)cc2[N+](=O)[O-])CC1. The van der Waals surface area contributed by atoms with Crippen LogP contribution in [0.3, 0.4) is 0 Å². The number of amides is 1. The van der Waals surface area contributed by atoms with E-state index in [-0.39, 0.29) is 34.7 Å². The molecular formula is C49H58N8O7S. The highest BCUT2D eigenvalue weighted by Crippen LogP contribution is 2.54. The van der Waals surface area contributed by atoms with Crippen LogP contribution in [0.5, 0.6) is 11.5 Å². The number of carbonyl (C=O) groups is 1. The predicted octanol–water partition coefficient (Wildman–Crippen LogP) is 9.10. The highest BCUT2D eigenvalue weighted by molar-refractivity contribution is 7.90. The number of morpholine rings is 1. The molecule has 2 saturated heterocycles. The highest BCUT2D eigenvalue weighted by atomic mass is 32.2. The molecule has 0 bridgehead atoms. The highest BCUT2D eigenvalue weighted by Gasteiger charge is 2.50. The number of carbonyl (C=O) groups excluding carboxylic acids is 1. The number of nitro groups is 1. The van der Waals surface area contributed by atoms with Crippen LogP contribution in [0.25, 0.3) is 11.0 Å². The number of piperidine rings is 1. The molecule has 1 unspecified atom stereocenters. The second kappa shape index (κ2) is 17.7. The molecule has 65 heavy (non-hydrogen) atoms. The van der Waals surface area contributed by atoms with Gasteiger partial charge < -0.3 is 24.7 Å². The molecule has 15 nitrogen and oxygen atoms in total. The van der Waals surface area contributed by atoms with Gasteiger partial charge in [-0.2, -0.15) is 0 Å². The van der Waals surface area contributed by atoms with Crippen LogP contribution in [0.15, 0.2) is 84.1 Å². The van der Waals surface area contributed by atoms with Crippen LogP contribution >= 0.6 is 0 Å². The molecule has 5 fully saturated rings. The molecule has 5 aliphatic rings. The lowest BCUT2D eigenvalue weighted by atomic mass is 9.59. The van der Waals surface area contributed by atoms with E-state index in [9.17, 15) is 23.3 Å². The van der Waals surface area contributed by atoms with Crippen molar-refractivity contribution in [3.05, 3.63) is 106 Å². The Morgan fingerprint density at radius 2 is 1.74 bits per heavy atom. The lowest BCUT2D eigenvalue weighted by molar-refractivity contribution is -0.384. The molecule has 3 saturated carbocycles. The molecule has 3 N–H and O–H groups in total. The average Bonchev–Trinajstić information content (AvgIpc) is 4.04. The predicted molar refractivity (Wildman–Crippen MR) is 248 cm³/mol. The maximum atomic E-state index is 14.0. The standard InChI is InChI=1S/C49H58N8O7S/c1-31-7-9-33(10-8-31)26-51-47-43(57(59)60)23-39(28-53-47)65(61,62)54-48(58)42-14-13-36(22-45(42)64-38-21-35-15-18-50-46(35)52-27-38)55-19-16-49(17-20-55)24-37(25-49)56-29-32(2)63-30-44(56)41-6-4-3-5-40(41)34-11-12-34/h3-6,13-15,18,21-23,27-28,31-34,37,44H,7-12,16-17,19-20,24-26,29-30H2,1-2H3,(H,50,52)(H,51,53)(H,54,58)/t31?,32?,33?,44-/m0/s1. The van der Waals surface area contributed by atoms with Crippen molar-refractivity contribution in [2.75, 3.05) is 43.0 Å². The molecule has 1 amide bonds. The summed E-state index contributed by atoms with van der Waals surface area (Å²) in [6.45, 7) is 8.23. The first kappa shape index (κ1) is 43.3. The van der Waals surface area contributed by atoms with Crippen molar-refractivity contribution in [2.45, 2.75) is 107 Å². The smallest absolute Gasteiger partial charge is 0.312 e. The fourth-order valence-corrected chi connectivity index (χ4v) is 11.8. The van der Waals surface area contributed by atoms with Gasteiger partial charge in [-0.05, 0) is 117 Å². The summed E-state index contributed by atoms with van der Waals surface area (Å²) >= 11 is 0. The molecule has 5 aromatic rings. The van der Waals surface area contributed by atoms with Crippen LogP contribution in [0, 0.1) is 27.4 Å². The molecule has 0 radical (unpaired) electrons. The first-order chi connectivity index (χ1) is 31.4. The number of sulfonamides is 1. The number of aromatic nitrogens is 3. The first-order valence-corrected chi connectivity index (χ1v) is 24.8. The fraction of sp³-hybridized carbons (Fsp3) is 0.490. The minimum Gasteiger partial charge on any atom is -0.455 e. The maximum absolute atomic E-state index is 14.0. The van der Waals surface area contributed by atoms with Crippen molar-refractivity contribution in [3.8, 4) is 11.5 Å². The molecule has 1 spiro atoms. The Morgan fingerprint density at radius 3 is 2.49 bits per heavy atom. The van der Waals surface area contributed by atoms with Gasteiger partial charge in [0.25, 0.3) is 15.9 Å². The molecule has 5 heterocycles. The van der Waals surface area contributed by atoms with Crippen molar-refractivity contribution in [3.63, 3.8) is 0 Å². The number of hydrogen-bond acceptors (Lipinski definition) is 12. The van der Waals surface area contributed by atoms with Crippen LogP contribution in [-0.2, 0) is 14.8 Å². The summed E-state index contributed by atoms with van der Waals surface area (Å²) in [7, 11) is -4.60. The zero-order chi connectivity index (χ0) is 44.9. The van der Waals surface area contributed by atoms with Crippen molar-refractivity contribution < 1.29 is 27.6 Å². The summed E-state index contributed by atoms with van der Waals surface area (Å²) in [5, 5.41) is 16.0. The quantitative estimate of drug-likeness (QED) is 0.0753. The van der Waals surface area contributed by atoms with E-state index in [0.29, 0.717) is 41.7 Å². The molecular weight excluding hydrogens is 845 g/mol. The second-order valence-electron chi connectivity index (χ2n) is 19.4. The number of pyridine rings is 2. The van der Waals surface area contributed by atoms with Gasteiger partial charge in [0.1, 0.15) is 22.0 Å². The Bertz CT molecular complexity index is 2680. The summed E-state index contributed by atoms with van der Waals surface area (Å²) in [4.78, 5) is 41.7. The second-order valence-corrected chi connectivity index (χ2v) is 21.1. The zero-order valence-corrected chi connectivity index (χ0v) is 37.9. The third-order valence-corrected chi connectivity index (χ3v) is 16.2. The molecule has 2 aromatic carbocycles. The lowest BCUT2D eigenvalue weighted by Gasteiger charge is -2.58. The normalized spacial score (nSPS) is 23.8. The molecule has 10 rings (SSSR count). The molecule has 2 aliphatic heterocycles. The number of nitrogens with zero attached hydrogens (tertiary/aromatic N) is 5. The molecule has 2 atom stereocenters. The Morgan fingerprint density at radius 1 is 0.969 bits per heavy atom. The average molecular weight is 903 g/mol. The van der Waals surface area contributed by atoms with Crippen molar-refractivity contribution >= 4 is 44.2 Å². The van der Waals surface area contributed by atoms with Crippen LogP contribution in [0.2, 0.25) is 0 Å². The van der Waals surface area contributed by atoms with Crippen molar-refractivity contribution in [2.24, 2.45) is 17.3 Å². The largest absolute Gasteiger partial charge is 0.455 e. The fourth-order valence-electron chi connectivity index (χ4n) is 10.9. The van der Waals surface area contributed by atoms with Crippen LogP contribution < -0.4 is 19.7 Å². The van der Waals surface area contributed by atoms with E-state index < -0.39 is 31.4 Å². The zero-order valence-electron chi connectivity index (χ0n) is 37.1. The Balaban J connectivity index is 0.841. The number of fused-ring (bicyclic) bond motifs is 1. The van der Waals surface area contributed by atoms with Gasteiger partial charge in [-0.25, -0.2) is 23.1 Å².